The summed E-state index contributed by atoms with van der Waals surface area (Å²) in [7, 11) is 0. The monoisotopic (exact) mass is 306 g/mol. The fourth-order valence-electron chi connectivity index (χ4n) is 2.99. The molecule has 116 valence electrons. The Hall–Kier alpha value is -2.87. The van der Waals surface area contributed by atoms with Crippen LogP contribution < -0.4 is 11.1 Å². The Morgan fingerprint density at radius 3 is 2.74 bits per heavy atom. The van der Waals surface area contributed by atoms with Gasteiger partial charge >= 0.3 is 0 Å². The van der Waals surface area contributed by atoms with Crippen molar-refractivity contribution in [1.29, 1.82) is 5.26 Å². The van der Waals surface area contributed by atoms with E-state index < -0.39 is 0 Å². The Labute approximate surface area is 135 Å². The van der Waals surface area contributed by atoms with Gasteiger partial charge in [0.2, 0.25) is 0 Å². The number of rotatable bonds is 3. The van der Waals surface area contributed by atoms with Crippen molar-refractivity contribution >= 4 is 11.7 Å². The highest BCUT2D eigenvalue weighted by atomic mass is 16.1. The molecular formula is C18H18N4O. The highest BCUT2D eigenvalue weighted by molar-refractivity contribution is 5.99. The van der Waals surface area contributed by atoms with Gasteiger partial charge in [0.1, 0.15) is 17.5 Å². The molecule has 3 rings (SSSR count). The van der Waals surface area contributed by atoms with E-state index in [-0.39, 0.29) is 17.3 Å². The van der Waals surface area contributed by atoms with Crippen molar-refractivity contribution in [3.63, 3.8) is 0 Å². The predicted octanol–water partition coefficient (Wildman–Crippen LogP) is 2.34. The van der Waals surface area contributed by atoms with Gasteiger partial charge in [0.15, 0.2) is 0 Å². The molecule has 0 bridgehead atoms. The highest BCUT2D eigenvalue weighted by Gasteiger charge is 2.25. The summed E-state index contributed by atoms with van der Waals surface area (Å²) in [6.45, 7) is 0.418. The van der Waals surface area contributed by atoms with Crippen molar-refractivity contribution in [3.8, 4) is 6.07 Å². The molecule has 0 saturated heterocycles. The summed E-state index contributed by atoms with van der Waals surface area (Å²) >= 11 is 0. The molecular weight excluding hydrogens is 288 g/mol. The SMILES string of the molecule is N#Cc1c(N)nc2c(c1C(=O)NCc1ccccc1)CCCC2. The zero-order chi connectivity index (χ0) is 16.2. The van der Waals surface area contributed by atoms with Crippen LogP contribution in [0.5, 0.6) is 0 Å². The van der Waals surface area contributed by atoms with E-state index in [1.807, 2.05) is 36.4 Å². The van der Waals surface area contributed by atoms with E-state index in [0.29, 0.717) is 12.1 Å². The molecule has 1 amide bonds. The lowest BCUT2D eigenvalue weighted by Gasteiger charge is -2.20. The molecule has 2 aromatic rings. The molecule has 5 nitrogen and oxygen atoms in total. The molecule has 0 spiro atoms. The van der Waals surface area contributed by atoms with Gasteiger partial charge in [0, 0.05) is 12.2 Å². The van der Waals surface area contributed by atoms with Crippen LogP contribution in [0.25, 0.3) is 0 Å². The van der Waals surface area contributed by atoms with Crippen LogP contribution in [0.1, 0.15) is 45.6 Å². The van der Waals surface area contributed by atoms with Crippen molar-refractivity contribution in [2.24, 2.45) is 0 Å². The fraction of sp³-hybridized carbons (Fsp3) is 0.278. The van der Waals surface area contributed by atoms with Crippen LogP contribution in [0, 0.1) is 11.3 Å². The number of hydrogen-bond donors (Lipinski definition) is 2. The topological polar surface area (TPSA) is 91.8 Å². The zero-order valence-corrected chi connectivity index (χ0v) is 12.8. The molecule has 0 radical (unpaired) electrons. The molecule has 1 heterocycles. The van der Waals surface area contributed by atoms with Crippen LogP contribution in [-0.2, 0) is 19.4 Å². The highest BCUT2D eigenvalue weighted by Crippen LogP contribution is 2.28. The summed E-state index contributed by atoms with van der Waals surface area (Å²) < 4.78 is 0. The van der Waals surface area contributed by atoms with Gasteiger partial charge in [-0.15, -0.1) is 0 Å². The number of nitrogens with zero attached hydrogens (tertiary/aromatic N) is 2. The number of hydrogen-bond acceptors (Lipinski definition) is 4. The number of benzene rings is 1. The van der Waals surface area contributed by atoms with Gasteiger partial charge in [0.05, 0.1) is 5.56 Å². The Bertz CT molecular complexity index is 778. The normalized spacial score (nSPS) is 13.0. The van der Waals surface area contributed by atoms with Gasteiger partial charge < -0.3 is 11.1 Å². The summed E-state index contributed by atoms with van der Waals surface area (Å²) in [6.07, 6.45) is 3.62. The first kappa shape index (κ1) is 15.0. The van der Waals surface area contributed by atoms with Gasteiger partial charge in [0.25, 0.3) is 5.91 Å². The van der Waals surface area contributed by atoms with E-state index >= 15 is 0 Å². The first-order valence-corrected chi connectivity index (χ1v) is 7.74. The summed E-state index contributed by atoms with van der Waals surface area (Å²) in [5.41, 5.74) is 9.24. The van der Waals surface area contributed by atoms with E-state index in [9.17, 15) is 10.1 Å². The number of pyridine rings is 1. The minimum Gasteiger partial charge on any atom is -0.383 e. The van der Waals surface area contributed by atoms with Gasteiger partial charge in [-0.1, -0.05) is 30.3 Å². The predicted molar refractivity (Wildman–Crippen MR) is 87.6 cm³/mol. The first-order chi connectivity index (χ1) is 11.2. The smallest absolute Gasteiger partial charge is 0.253 e. The third-order valence-electron chi connectivity index (χ3n) is 4.14. The van der Waals surface area contributed by atoms with E-state index in [1.165, 1.54) is 0 Å². The van der Waals surface area contributed by atoms with Crippen LogP contribution in [0.3, 0.4) is 0 Å². The molecule has 3 N–H and O–H groups in total. The van der Waals surface area contributed by atoms with E-state index in [2.05, 4.69) is 10.3 Å². The number of nitrogen functional groups attached to an aromatic ring is 1. The number of anilines is 1. The van der Waals surface area contributed by atoms with Gasteiger partial charge in [-0.05, 0) is 36.8 Å². The summed E-state index contributed by atoms with van der Waals surface area (Å²) in [6, 6.07) is 11.7. The van der Waals surface area contributed by atoms with Crippen LogP contribution in [0.15, 0.2) is 30.3 Å². The standard InChI is InChI=1S/C18H18N4O/c19-10-14-16(13-8-4-5-9-15(13)22-17(14)20)18(23)21-11-12-6-2-1-3-7-12/h1-3,6-7H,4-5,8-9,11H2,(H2,20,22)(H,21,23). The number of nitriles is 1. The maximum absolute atomic E-state index is 12.7. The molecule has 1 aromatic heterocycles. The third kappa shape index (κ3) is 3.02. The van der Waals surface area contributed by atoms with Crippen molar-refractivity contribution in [3.05, 3.63) is 58.3 Å². The van der Waals surface area contributed by atoms with Gasteiger partial charge in [-0.2, -0.15) is 5.26 Å². The average molecular weight is 306 g/mol. The van der Waals surface area contributed by atoms with Crippen LogP contribution in [0.2, 0.25) is 0 Å². The number of nitrogens with two attached hydrogens (primary N) is 1. The second kappa shape index (κ2) is 6.49. The Balaban J connectivity index is 1.93. The summed E-state index contributed by atoms with van der Waals surface area (Å²) in [5, 5.41) is 12.3. The number of fused-ring (bicyclic) bond motifs is 1. The minimum absolute atomic E-state index is 0.151. The molecule has 1 aliphatic rings. The molecule has 0 saturated carbocycles. The van der Waals surface area contributed by atoms with Crippen molar-refractivity contribution in [2.75, 3.05) is 5.73 Å². The Morgan fingerprint density at radius 2 is 2.00 bits per heavy atom. The fourth-order valence-corrected chi connectivity index (χ4v) is 2.99. The molecule has 23 heavy (non-hydrogen) atoms. The Morgan fingerprint density at radius 1 is 1.26 bits per heavy atom. The second-order valence-electron chi connectivity index (χ2n) is 5.66. The number of carbonyl (C=O) groups is 1. The maximum Gasteiger partial charge on any atom is 0.253 e. The Kier molecular flexibility index (Phi) is 4.24. The quantitative estimate of drug-likeness (QED) is 0.910. The van der Waals surface area contributed by atoms with Crippen molar-refractivity contribution in [2.45, 2.75) is 32.2 Å². The number of aryl methyl sites for hydroxylation is 1. The number of carbonyl (C=O) groups excluding carboxylic acids is 1. The van der Waals surface area contributed by atoms with Gasteiger partial charge in [-0.3, -0.25) is 4.79 Å². The van der Waals surface area contributed by atoms with Crippen LogP contribution in [-0.4, -0.2) is 10.9 Å². The number of amides is 1. The number of aromatic nitrogens is 1. The van der Waals surface area contributed by atoms with Crippen molar-refractivity contribution in [1.82, 2.24) is 10.3 Å². The van der Waals surface area contributed by atoms with Crippen LogP contribution in [0.4, 0.5) is 5.82 Å². The van der Waals surface area contributed by atoms with Crippen LogP contribution >= 0.6 is 0 Å². The molecule has 0 unspecified atom stereocenters. The van der Waals surface area contributed by atoms with Gasteiger partial charge in [-0.25, -0.2) is 4.98 Å². The van der Waals surface area contributed by atoms with E-state index in [4.69, 9.17) is 5.73 Å². The molecule has 5 heteroatoms. The van der Waals surface area contributed by atoms with E-state index in [1.54, 1.807) is 0 Å². The second-order valence-corrected chi connectivity index (χ2v) is 5.66. The zero-order valence-electron chi connectivity index (χ0n) is 12.8. The lowest BCUT2D eigenvalue weighted by atomic mass is 9.89. The average Bonchev–Trinajstić information content (AvgIpc) is 2.59. The largest absolute Gasteiger partial charge is 0.383 e. The molecule has 1 aliphatic carbocycles. The van der Waals surface area contributed by atoms with Crippen molar-refractivity contribution < 1.29 is 4.79 Å². The molecule has 0 aliphatic heterocycles. The maximum atomic E-state index is 12.7. The molecule has 0 atom stereocenters. The molecule has 1 aromatic carbocycles. The lowest BCUT2D eigenvalue weighted by molar-refractivity contribution is 0.0949. The first-order valence-electron chi connectivity index (χ1n) is 7.74. The molecule has 0 fully saturated rings. The third-order valence-corrected chi connectivity index (χ3v) is 4.14. The lowest BCUT2D eigenvalue weighted by Crippen LogP contribution is -2.27. The summed E-state index contributed by atoms with van der Waals surface area (Å²) in [5.74, 6) is -0.101. The van der Waals surface area contributed by atoms with E-state index in [0.717, 1.165) is 42.5 Å². The summed E-state index contributed by atoms with van der Waals surface area (Å²) in [4.78, 5) is 17.0. The number of nitrogens with one attached hydrogen (secondary N) is 1. The minimum atomic E-state index is -0.252.